The van der Waals surface area contributed by atoms with Gasteiger partial charge in [0.25, 0.3) is 0 Å². The second-order valence-corrected chi connectivity index (χ2v) is 6.76. The maximum Gasteiger partial charge on any atom is 0.317 e. The summed E-state index contributed by atoms with van der Waals surface area (Å²) in [5.41, 5.74) is 1.10. The van der Waals surface area contributed by atoms with Gasteiger partial charge in [0.05, 0.1) is 0 Å². The van der Waals surface area contributed by atoms with E-state index in [0.29, 0.717) is 19.0 Å². The Morgan fingerprint density at radius 2 is 1.87 bits per heavy atom. The number of piperidine rings is 1. The first-order chi connectivity index (χ1) is 11.2. The van der Waals surface area contributed by atoms with Gasteiger partial charge in [0.1, 0.15) is 5.82 Å². The molecule has 3 rings (SSSR count). The molecular formula is C18H25FN2O2. The van der Waals surface area contributed by atoms with Crippen molar-refractivity contribution >= 4 is 6.03 Å². The highest BCUT2D eigenvalue weighted by Gasteiger charge is 2.31. The molecule has 126 valence electrons. The Bertz CT molecular complexity index is 526. The van der Waals surface area contributed by atoms with Crippen molar-refractivity contribution in [3.05, 3.63) is 35.6 Å². The molecule has 2 aliphatic rings. The molecule has 1 saturated carbocycles. The Labute approximate surface area is 136 Å². The van der Waals surface area contributed by atoms with Crippen molar-refractivity contribution < 1.29 is 14.3 Å². The number of urea groups is 1. The van der Waals surface area contributed by atoms with E-state index in [1.807, 2.05) is 17.0 Å². The van der Waals surface area contributed by atoms with Gasteiger partial charge in [-0.25, -0.2) is 9.18 Å². The van der Waals surface area contributed by atoms with Crippen molar-refractivity contribution in [1.29, 1.82) is 0 Å². The Morgan fingerprint density at radius 3 is 2.52 bits per heavy atom. The third kappa shape index (κ3) is 3.83. The molecule has 1 saturated heterocycles. The maximum atomic E-state index is 13.1. The summed E-state index contributed by atoms with van der Waals surface area (Å²) in [6, 6.07) is 6.77. The monoisotopic (exact) mass is 320 g/mol. The molecule has 0 radical (unpaired) electrons. The van der Waals surface area contributed by atoms with E-state index in [2.05, 4.69) is 5.32 Å². The molecule has 0 spiro atoms. The largest absolute Gasteiger partial charge is 0.396 e. The predicted octanol–water partition coefficient (Wildman–Crippen LogP) is 2.88. The van der Waals surface area contributed by atoms with E-state index < -0.39 is 0 Å². The number of likely N-dealkylation sites (tertiary alicyclic amines) is 1. The van der Waals surface area contributed by atoms with Gasteiger partial charge in [0.15, 0.2) is 0 Å². The second-order valence-electron chi connectivity index (χ2n) is 6.76. The lowest BCUT2D eigenvalue weighted by Gasteiger charge is -2.33. The first-order valence-electron chi connectivity index (χ1n) is 8.59. The smallest absolute Gasteiger partial charge is 0.317 e. The van der Waals surface area contributed by atoms with Gasteiger partial charge in [-0.15, -0.1) is 0 Å². The van der Waals surface area contributed by atoms with E-state index in [-0.39, 0.29) is 30.4 Å². The third-order valence-electron chi connectivity index (χ3n) is 5.28. The molecule has 1 aromatic rings. The predicted molar refractivity (Wildman–Crippen MR) is 86.7 cm³/mol. The van der Waals surface area contributed by atoms with Gasteiger partial charge in [0.2, 0.25) is 0 Å². The molecule has 23 heavy (non-hydrogen) atoms. The van der Waals surface area contributed by atoms with Crippen LogP contribution in [0.1, 0.15) is 43.6 Å². The molecule has 0 bridgehead atoms. The number of hydrogen-bond acceptors (Lipinski definition) is 2. The summed E-state index contributed by atoms with van der Waals surface area (Å²) in [5.74, 6) is 0.381. The summed E-state index contributed by atoms with van der Waals surface area (Å²) in [6.45, 7) is 1.64. The maximum absolute atomic E-state index is 13.1. The Hall–Kier alpha value is -1.62. The lowest BCUT2D eigenvalue weighted by Crippen LogP contribution is -2.48. The van der Waals surface area contributed by atoms with Crippen LogP contribution in [0.15, 0.2) is 24.3 Å². The molecule has 2 N–H and O–H groups in total. The van der Waals surface area contributed by atoms with Gasteiger partial charge in [-0.3, -0.25) is 0 Å². The molecule has 1 aliphatic carbocycles. The van der Waals surface area contributed by atoms with Crippen molar-refractivity contribution in [2.24, 2.45) is 5.92 Å². The van der Waals surface area contributed by atoms with E-state index in [9.17, 15) is 14.3 Å². The van der Waals surface area contributed by atoms with E-state index in [4.69, 9.17) is 0 Å². The molecule has 4 nitrogen and oxygen atoms in total. The van der Waals surface area contributed by atoms with Gasteiger partial charge < -0.3 is 15.3 Å². The van der Waals surface area contributed by atoms with Crippen LogP contribution in [0.4, 0.5) is 9.18 Å². The summed E-state index contributed by atoms with van der Waals surface area (Å²) in [4.78, 5) is 14.3. The second kappa shape index (κ2) is 7.30. The highest BCUT2D eigenvalue weighted by Crippen LogP contribution is 2.34. The van der Waals surface area contributed by atoms with Crippen molar-refractivity contribution in [1.82, 2.24) is 10.2 Å². The zero-order chi connectivity index (χ0) is 16.2. The van der Waals surface area contributed by atoms with Gasteiger partial charge in [-0.05, 0) is 49.3 Å². The number of carbonyl (C=O) groups is 1. The third-order valence-corrected chi connectivity index (χ3v) is 5.28. The number of nitrogens with one attached hydrogen (secondary N) is 1. The minimum Gasteiger partial charge on any atom is -0.396 e. The number of carbonyl (C=O) groups excluding carboxylic acids is 1. The summed E-state index contributed by atoms with van der Waals surface area (Å²) >= 11 is 0. The highest BCUT2D eigenvalue weighted by atomic mass is 19.1. The quantitative estimate of drug-likeness (QED) is 0.900. The SMILES string of the molecule is O=C(NC1CCCC1c1ccc(F)cc1)N1CCC(CO)CC1. The minimum atomic E-state index is -0.223. The fraction of sp³-hybridized carbons (Fsp3) is 0.611. The number of benzene rings is 1. The molecular weight excluding hydrogens is 295 g/mol. The van der Waals surface area contributed by atoms with E-state index in [1.165, 1.54) is 12.1 Å². The lowest BCUT2D eigenvalue weighted by atomic mass is 9.94. The lowest BCUT2D eigenvalue weighted by molar-refractivity contribution is 0.135. The number of halogens is 1. The number of nitrogens with zero attached hydrogens (tertiary/aromatic N) is 1. The van der Waals surface area contributed by atoms with Crippen molar-refractivity contribution in [3.63, 3.8) is 0 Å². The van der Waals surface area contributed by atoms with E-state index in [0.717, 1.165) is 37.7 Å². The van der Waals surface area contributed by atoms with Crippen LogP contribution in [-0.2, 0) is 0 Å². The highest BCUT2D eigenvalue weighted by molar-refractivity contribution is 5.74. The van der Waals surface area contributed by atoms with Gasteiger partial charge in [0, 0.05) is 31.7 Å². The zero-order valence-corrected chi connectivity index (χ0v) is 13.4. The Morgan fingerprint density at radius 1 is 1.17 bits per heavy atom. The van der Waals surface area contributed by atoms with Gasteiger partial charge in [-0.2, -0.15) is 0 Å². The summed E-state index contributed by atoms with van der Waals surface area (Å²) < 4.78 is 13.1. The van der Waals surface area contributed by atoms with Crippen molar-refractivity contribution in [3.8, 4) is 0 Å². The number of aliphatic hydroxyl groups is 1. The van der Waals surface area contributed by atoms with Crippen molar-refractivity contribution in [2.45, 2.75) is 44.1 Å². The van der Waals surface area contributed by atoms with Crippen LogP contribution in [0.5, 0.6) is 0 Å². The fourth-order valence-electron chi connectivity index (χ4n) is 3.81. The summed E-state index contributed by atoms with van der Waals surface area (Å²) in [6.07, 6.45) is 4.83. The van der Waals surface area contributed by atoms with Gasteiger partial charge >= 0.3 is 6.03 Å². The Balaban J connectivity index is 1.58. The standard InChI is InChI=1S/C18H25FN2O2/c19-15-6-4-14(5-7-15)16-2-1-3-17(16)20-18(23)21-10-8-13(12-22)9-11-21/h4-7,13,16-17,22H,1-3,8-12H2,(H,20,23). The van der Waals surface area contributed by atoms with Crippen LogP contribution in [0.3, 0.4) is 0 Å². The molecule has 2 atom stereocenters. The minimum absolute atomic E-state index is 0.000372. The first kappa shape index (κ1) is 16.2. The first-order valence-corrected chi connectivity index (χ1v) is 8.59. The van der Waals surface area contributed by atoms with Crippen LogP contribution in [0, 0.1) is 11.7 Å². The molecule has 2 amide bonds. The van der Waals surface area contributed by atoms with Crippen LogP contribution in [-0.4, -0.2) is 41.8 Å². The fourth-order valence-corrected chi connectivity index (χ4v) is 3.81. The van der Waals surface area contributed by atoms with Crippen LogP contribution >= 0.6 is 0 Å². The Kier molecular flexibility index (Phi) is 5.16. The summed E-state index contributed by atoms with van der Waals surface area (Å²) in [5, 5.41) is 12.4. The van der Waals surface area contributed by atoms with Gasteiger partial charge in [-0.1, -0.05) is 18.6 Å². The average Bonchev–Trinajstić information content (AvgIpc) is 3.03. The average molecular weight is 320 g/mol. The molecule has 1 aromatic carbocycles. The normalized spacial score (nSPS) is 25.6. The van der Waals surface area contributed by atoms with E-state index in [1.54, 1.807) is 0 Å². The molecule has 2 unspecified atom stereocenters. The summed E-state index contributed by atoms with van der Waals surface area (Å²) in [7, 11) is 0. The molecule has 1 heterocycles. The molecule has 5 heteroatoms. The topological polar surface area (TPSA) is 52.6 Å². The number of amides is 2. The van der Waals surface area contributed by atoms with Crippen LogP contribution < -0.4 is 5.32 Å². The van der Waals surface area contributed by atoms with Crippen molar-refractivity contribution in [2.75, 3.05) is 19.7 Å². The number of rotatable bonds is 3. The number of aliphatic hydroxyl groups excluding tert-OH is 1. The van der Waals surface area contributed by atoms with E-state index >= 15 is 0 Å². The van der Waals surface area contributed by atoms with Crippen LogP contribution in [0.2, 0.25) is 0 Å². The number of hydrogen-bond donors (Lipinski definition) is 2. The zero-order valence-electron chi connectivity index (χ0n) is 13.4. The molecule has 2 fully saturated rings. The molecule has 0 aromatic heterocycles. The van der Waals surface area contributed by atoms with Crippen LogP contribution in [0.25, 0.3) is 0 Å². The molecule has 1 aliphatic heterocycles.